The highest BCUT2D eigenvalue weighted by Gasteiger charge is 2.30. The van der Waals surface area contributed by atoms with Crippen LogP contribution in [0.4, 0.5) is 5.69 Å². The zero-order valence-electron chi connectivity index (χ0n) is 16.0. The molecule has 2 aliphatic heterocycles. The number of pyridine rings is 1. The lowest BCUT2D eigenvalue weighted by Crippen LogP contribution is -2.42. The van der Waals surface area contributed by atoms with Crippen LogP contribution in [0.1, 0.15) is 39.3 Å². The predicted molar refractivity (Wildman–Crippen MR) is 105 cm³/mol. The Balaban J connectivity index is 1.42. The van der Waals surface area contributed by atoms with Gasteiger partial charge in [0, 0.05) is 30.3 Å². The summed E-state index contributed by atoms with van der Waals surface area (Å²) in [5, 5.41) is 2.71. The molecule has 0 bridgehead atoms. The van der Waals surface area contributed by atoms with Crippen molar-refractivity contribution < 1.29 is 19.1 Å². The van der Waals surface area contributed by atoms with Crippen molar-refractivity contribution in [2.45, 2.75) is 19.8 Å². The van der Waals surface area contributed by atoms with Crippen LogP contribution in [0.15, 0.2) is 35.1 Å². The van der Waals surface area contributed by atoms with Crippen LogP contribution < -0.4 is 15.6 Å². The van der Waals surface area contributed by atoms with Crippen LogP contribution in [0, 0.1) is 12.8 Å². The molecule has 4 rings (SSSR count). The Bertz CT molecular complexity index is 1050. The van der Waals surface area contributed by atoms with Crippen LogP contribution >= 0.6 is 0 Å². The van der Waals surface area contributed by atoms with Gasteiger partial charge in [-0.3, -0.25) is 19.2 Å². The lowest BCUT2D eigenvalue weighted by molar-refractivity contribution is -0.118. The molecular weight excluding hydrogens is 374 g/mol. The van der Waals surface area contributed by atoms with E-state index < -0.39 is 5.56 Å². The van der Waals surface area contributed by atoms with Gasteiger partial charge in [0.15, 0.2) is 12.4 Å². The summed E-state index contributed by atoms with van der Waals surface area (Å²) in [6, 6.07) is 8.26. The van der Waals surface area contributed by atoms with Crippen molar-refractivity contribution in [3.8, 4) is 5.75 Å². The van der Waals surface area contributed by atoms with Gasteiger partial charge in [-0.2, -0.15) is 0 Å². The van der Waals surface area contributed by atoms with E-state index in [2.05, 4.69) is 10.3 Å². The summed E-state index contributed by atoms with van der Waals surface area (Å²) >= 11 is 0. The van der Waals surface area contributed by atoms with E-state index in [0.29, 0.717) is 48.6 Å². The zero-order valence-corrected chi connectivity index (χ0v) is 16.0. The summed E-state index contributed by atoms with van der Waals surface area (Å²) in [6.45, 7) is 2.54. The van der Waals surface area contributed by atoms with E-state index in [1.807, 2.05) is 0 Å². The molecule has 150 valence electrons. The van der Waals surface area contributed by atoms with Crippen molar-refractivity contribution in [2.24, 2.45) is 5.92 Å². The van der Waals surface area contributed by atoms with Gasteiger partial charge in [-0.25, -0.2) is 0 Å². The normalized spacial score (nSPS) is 16.6. The van der Waals surface area contributed by atoms with Gasteiger partial charge in [-0.1, -0.05) is 0 Å². The first-order valence-corrected chi connectivity index (χ1v) is 9.52. The molecule has 0 saturated carbocycles. The maximum atomic E-state index is 12.9. The Morgan fingerprint density at radius 2 is 1.86 bits per heavy atom. The number of nitrogens with zero attached hydrogens (tertiary/aromatic N) is 1. The Kier molecular flexibility index (Phi) is 4.92. The number of nitrogens with one attached hydrogen (secondary N) is 2. The summed E-state index contributed by atoms with van der Waals surface area (Å²) in [6.07, 6.45) is 1.04. The van der Waals surface area contributed by atoms with Crippen molar-refractivity contribution in [3.63, 3.8) is 0 Å². The lowest BCUT2D eigenvalue weighted by atomic mass is 9.88. The van der Waals surface area contributed by atoms with Crippen molar-refractivity contribution in [1.82, 2.24) is 9.88 Å². The molecule has 8 nitrogen and oxygen atoms in total. The second-order valence-electron chi connectivity index (χ2n) is 7.36. The molecule has 2 aromatic rings. The first-order valence-electron chi connectivity index (χ1n) is 9.52. The smallest absolute Gasteiger partial charge is 0.262 e. The second kappa shape index (κ2) is 7.54. The molecule has 0 atom stereocenters. The minimum Gasteiger partial charge on any atom is -0.482 e. The highest BCUT2D eigenvalue weighted by molar-refractivity contribution is 6.02. The first kappa shape index (κ1) is 18.9. The van der Waals surface area contributed by atoms with Crippen molar-refractivity contribution in [3.05, 3.63) is 57.5 Å². The molecule has 8 heteroatoms. The fourth-order valence-corrected chi connectivity index (χ4v) is 3.73. The number of carbonyl (C=O) groups excluding carboxylic acids is 3. The number of fused-ring (bicyclic) bond motifs is 1. The lowest BCUT2D eigenvalue weighted by Gasteiger charge is -2.31. The van der Waals surface area contributed by atoms with Gasteiger partial charge in [0.2, 0.25) is 0 Å². The Morgan fingerprint density at radius 3 is 2.59 bits per heavy atom. The van der Waals surface area contributed by atoms with Gasteiger partial charge in [0.25, 0.3) is 17.4 Å². The fourth-order valence-electron chi connectivity index (χ4n) is 3.73. The van der Waals surface area contributed by atoms with Crippen LogP contribution in [0.2, 0.25) is 0 Å². The average Bonchev–Trinajstić information content (AvgIpc) is 2.72. The Labute approximate surface area is 166 Å². The number of aromatic amines is 1. The number of Topliss-reactive ketones (excluding diaryl/α,β-unsaturated/α-hetero) is 1. The number of rotatable bonds is 3. The number of amides is 2. The maximum Gasteiger partial charge on any atom is 0.262 e. The Morgan fingerprint density at radius 1 is 1.10 bits per heavy atom. The largest absolute Gasteiger partial charge is 0.482 e. The summed E-state index contributed by atoms with van der Waals surface area (Å²) in [5.41, 5.74) is 1.42. The predicted octanol–water partition coefficient (Wildman–Crippen LogP) is 1.75. The summed E-state index contributed by atoms with van der Waals surface area (Å²) < 4.78 is 5.32. The highest BCUT2D eigenvalue weighted by atomic mass is 16.5. The van der Waals surface area contributed by atoms with Gasteiger partial charge < -0.3 is 19.9 Å². The van der Waals surface area contributed by atoms with E-state index in [-0.39, 0.29) is 35.7 Å². The number of H-pyrrole nitrogens is 1. The van der Waals surface area contributed by atoms with E-state index in [1.165, 1.54) is 6.07 Å². The molecule has 29 heavy (non-hydrogen) atoms. The van der Waals surface area contributed by atoms with Gasteiger partial charge in [0.1, 0.15) is 11.3 Å². The number of hydrogen-bond donors (Lipinski definition) is 2. The third-order valence-electron chi connectivity index (χ3n) is 5.34. The first-order chi connectivity index (χ1) is 13.9. The number of anilines is 1. The number of hydrogen-bond acceptors (Lipinski definition) is 5. The van der Waals surface area contributed by atoms with Gasteiger partial charge >= 0.3 is 0 Å². The number of carbonyl (C=O) groups is 3. The van der Waals surface area contributed by atoms with E-state index in [0.717, 1.165) is 0 Å². The van der Waals surface area contributed by atoms with Gasteiger partial charge in [0.05, 0.1) is 5.69 Å². The van der Waals surface area contributed by atoms with Crippen molar-refractivity contribution in [1.29, 1.82) is 0 Å². The van der Waals surface area contributed by atoms with Crippen LogP contribution in [0.3, 0.4) is 0 Å². The molecule has 3 heterocycles. The zero-order chi connectivity index (χ0) is 20.5. The van der Waals surface area contributed by atoms with Crippen LogP contribution in [0.5, 0.6) is 5.75 Å². The molecule has 2 aliphatic rings. The molecule has 1 fully saturated rings. The number of benzene rings is 1. The van der Waals surface area contributed by atoms with Gasteiger partial charge in [-0.15, -0.1) is 0 Å². The number of aromatic nitrogens is 1. The van der Waals surface area contributed by atoms with Crippen LogP contribution in [0.25, 0.3) is 0 Å². The molecule has 0 aliphatic carbocycles. The second-order valence-corrected chi connectivity index (χ2v) is 7.36. The molecular formula is C21H21N3O5. The topological polar surface area (TPSA) is 109 Å². The molecule has 1 aromatic heterocycles. The standard InChI is InChI=1S/C21H21N3O5/c1-12-2-4-15(20(27)22-12)21(28)24-8-6-13(7-9-24)19(26)14-3-5-17-16(10-14)23-18(25)11-29-17/h2-5,10,13H,6-9,11H2,1H3,(H,22,27)(H,23,25). The SMILES string of the molecule is Cc1ccc(C(=O)N2CCC(C(=O)c3ccc4c(c3)NC(=O)CO4)CC2)c(=O)[nH]1. The van der Waals surface area contributed by atoms with Gasteiger partial charge in [-0.05, 0) is 50.1 Å². The molecule has 1 saturated heterocycles. The number of likely N-dealkylation sites (tertiary alicyclic amines) is 1. The van der Waals surface area contributed by atoms with E-state index in [9.17, 15) is 19.2 Å². The maximum absolute atomic E-state index is 12.9. The number of ketones is 1. The monoisotopic (exact) mass is 395 g/mol. The molecule has 2 amide bonds. The van der Waals surface area contributed by atoms with Crippen molar-refractivity contribution >= 4 is 23.3 Å². The molecule has 0 unspecified atom stereocenters. The third kappa shape index (κ3) is 3.78. The number of aryl methyl sites for hydroxylation is 1. The van der Waals surface area contributed by atoms with E-state index >= 15 is 0 Å². The van der Waals surface area contributed by atoms with Crippen LogP contribution in [-0.4, -0.2) is 47.2 Å². The summed E-state index contributed by atoms with van der Waals surface area (Å²) in [4.78, 5) is 53.3. The highest BCUT2D eigenvalue weighted by Crippen LogP contribution is 2.31. The quantitative estimate of drug-likeness (QED) is 0.770. The van der Waals surface area contributed by atoms with E-state index in [4.69, 9.17) is 4.74 Å². The minimum absolute atomic E-state index is 0.0205. The average molecular weight is 395 g/mol. The summed E-state index contributed by atoms with van der Waals surface area (Å²) in [5.74, 6) is -0.253. The van der Waals surface area contributed by atoms with Crippen molar-refractivity contribution in [2.75, 3.05) is 25.0 Å². The molecule has 0 radical (unpaired) electrons. The Hall–Kier alpha value is -3.42. The number of piperidine rings is 1. The molecule has 2 N–H and O–H groups in total. The van der Waals surface area contributed by atoms with Crippen LogP contribution in [-0.2, 0) is 4.79 Å². The minimum atomic E-state index is -0.397. The van der Waals surface area contributed by atoms with E-state index in [1.54, 1.807) is 36.1 Å². The molecule has 0 spiro atoms. The fraction of sp³-hybridized carbons (Fsp3) is 0.333. The number of ether oxygens (including phenoxy) is 1. The summed E-state index contributed by atoms with van der Waals surface area (Å²) in [7, 11) is 0. The third-order valence-corrected chi connectivity index (χ3v) is 5.34. The molecule has 1 aromatic carbocycles.